The van der Waals surface area contributed by atoms with Gasteiger partial charge in [0.1, 0.15) is 5.25 Å². The molecular weight excluding hydrogens is 213 g/mol. The van der Waals surface area contributed by atoms with Crippen LogP contribution in [0.2, 0.25) is 0 Å². The summed E-state index contributed by atoms with van der Waals surface area (Å²) < 4.78 is 30.5. The Morgan fingerprint density at radius 2 is 1.79 bits per heavy atom. The fourth-order valence-corrected chi connectivity index (χ4v) is 1.84. The van der Waals surface area contributed by atoms with Crippen LogP contribution >= 0.6 is 0 Å². The molecule has 1 unspecified atom stereocenters. The Bertz CT molecular complexity index is 365. The second-order valence-electron chi connectivity index (χ2n) is 2.65. The van der Waals surface area contributed by atoms with Gasteiger partial charge in [-0.2, -0.15) is 8.42 Å². The van der Waals surface area contributed by atoms with Crippen LogP contribution in [-0.2, 0) is 10.1 Å². The molecule has 0 saturated carbocycles. The van der Waals surface area contributed by atoms with Crippen LogP contribution in [0.4, 0.5) is 0 Å². The van der Waals surface area contributed by atoms with Crippen molar-refractivity contribution >= 4 is 39.7 Å². The van der Waals surface area contributed by atoms with Gasteiger partial charge in [-0.25, -0.2) is 0 Å². The second-order valence-corrected chi connectivity index (χ2v) is 4.25. The average Bonchev–Trinajstić information content (AvgIpc) is 2.05. The first-order valence-corrected chi connectivity index (χ1v) is 5.27. The molecule has 4 nitrogen and oxygen atoms in total. The predicted octanol–water partition coefficient (Wildman–Crippen LogP) is -0.0743. The number of benzene rings is 1. The van der Waals surface area contributed by atoms with Crippen LogP contribution in [0.3, 0.4) is 0 Å². The number of hydrogen-bond acceptors (Lipinski definition) is 3. The molecule has 14 heavy (non-hydrogen) atoms. The van der Waals surface area contributed by atoms with E-state index < -0.39 is 15.4 Å². The van der Waals surface area contributed by atoms with Crippen LogP contribution in [-0.4, -0.2) is 49.1 Å². The maximum atomic E-state index is 10.8. The van der Waals surface area contributed by atoms with Crippen molar-refractivity contribution < 1.29 is 13.0 Å². The average molecular weight is 225 g/mol. The summed E-state index contributed by atoms with van der Waals surface area (Å²) in [6.07, 6.45) is 0. The van der Waals surface area contributed by atoms with E-state index in [1.807, 2.05) is 0 Å². The molecule has 6 heteroatoms. The Morgan fingerprint density at radius 3 is 2.14 bits per heavy atom. The Balaban J connectivity index is 0.00000169. The van der Waals surface area contributed by atoms with Gasteiger partial charge in [-0.15, -0.1) is 0 Å². The summed E-state index contributed by atoms with van der Waals surface area (Å²) >= 11 is 0. The van der Waals surface area contributed by atoms with Crippen LogP contribution in [0.1, 0.15) is 10.8 Å². The summed E-state index contributed by atoms with van der Waals surface area (Å²) in [5.41, 5.74) is 5.76. The fourth-order valence-electron chi connectivity index (χ4n) is 1.10. The van der Waals surface area contributed by atoms with E-state index >= 15 is 0 Å². The summed E-state index contributed by atoms with van der Waals surface area (Å²) in [4.78, 5) is 0. The maximum absolute atomic E-state index is 10.8. The molecule has 0 aliphatic rings. The fraction of sp³-hybridized carbons (Fsp3) is 0.250. The van der Waals surface area contributed by atoms with Crippen LogP contribution in [0, 0.1) is 0 Å². The zero-order valence-electron chi connectivity index (χ0n) is 6.92. The third kappa shape index (κ3) is 3.68. The van der Waals surface area contributed by atoms with E-state index in [1.165, 1.54) is 0 Å². The third-order valence-electron chi connectivity index (χ3n) is 1.74. The van der Waals surface area contributed by atoms with E-state index in [1.54, 1.807) is 30.3 Å². The molecule has 1 aromatic carbocycles. The second kappa shape index (κ2) is 5.85. The molecule has 74 valence electrons. The topological polar surface area (TPSA) is 80.4 Å². The monoisotopic (exact) mass is 225 g/mol. The van der Waals surface area contributed by atoms with Gasteiger partial charge in [-0.1, -0.05) is 30.3 Å². The summed E-state index contributed by atoms with van der Waals surface area (Å²) in [7, 11) is -4.09. The summed E-state index contributed by atoms with van der Waals surface area (Å²) in [6.45, 7) is -0.122. The Hall–Kier alpha value is 0.0900. The zero-order valence-corrected chi connectivity index (χ0v) is 7.74. The molecule has 0 aliphatic carbocycles. The van der Waals surface area contributed by atoms with Crippen LogP contribution in [0.5, 0.6) is 0 Å². The zero-order chi connectivity index (χ0) is 9.90. The van der Waals surface area contributed by atoms with Gasteiger partial charge in [0, 0.05) is 6.54 Å². The van der Waals surface area contributed by atoms with E-state index in [9.17, 15) is 8.42 Å². The number of hydrogen-bond donors (Lipinski definition) is 2. The van der Waals surface area contributed by atoms with Crippen molar-refractivity contribution in [1.29, 1.82) is 0 Å². The molecule has 0 bridgehead atoms. The van der Waals surface area contributed by atoms with Crippen LogP contribution in [0.15, 0.2) is 30.3 Å². The van der Waals surface area contributed by atoms with Gasteiger partial charge in [0.05, 0.1) is 0 Å². The molecule has 1 atom stereocenters. The third-order valence-corrected chi connectivity index (χ3v) is 2.93. The molecule has 0 fully saturated rings. The first kappa shape index (κ1) is 14.1. The van der Waals surface area contributed by atoms with Crippen molar-refractivity contribution in [1.82, 2.24) is 0 Å². The van der Waals surface area contributed by atoms with Gasteiger partial charge in [0.15, 0.2) is 0 Å². The van der Waals surface area contributed by atoms with E-state index in [0.29, 0.717) is 5.56 Å². The minimum atomic E-state index is -4.09. The van der Waals surface area contributed by atoms with Gasteiger partial charge in [0.25, 0.3) is 10.1 Å². The molecule has 0 saturated heterocycles. The van der Waals surface area contributed by atoms with Gasteiger partial charge < -0.3 is 5.73 Å². The molecule has 0 amide bonds. The Labute approximate surface area is 106 Å². The van der Waals surface area contributed by atoms with Crippen molar-refractivity contribution in [3.63, 3.8) is 0 Å². The standard InChI is InChI=1S/C8H11NO3S.Na.H/c9-6-8(13(10,11)12)7-4-2-1-3-5-7;;/h1-5,8H,6,9H2,(H,10,11,12);;. The summed E-state index contributed by atoms with van der Waals surface area (Å²) in [6, 6.07) is 8.39. The first-order valence-electron chi connectivity index (χ1n) is 3.77. The van der Waals surface area contributed by atoms with Crippen molar-refractivity contribution in [3.05, 3.63) is 35.9 Å². The van der Waals surface area contributed by atoms with Gasteiger partial charge in [-0.05, 0) is 5.56 Å². The molecule has 0 spiro atoms. The summed E-state index contributed by atoms with van der Waals surface area (Å²) in [5, 5.41) is -1.02. The molecule has 0 aromatic heterocycles. The van der Waals surface area contributed by atoms with E-state index in [-0.39, 0.29) is 36.1 Å². The normalized spacial score (nSPS) is 13.0. The SMILES string of the molecule is NCC(c1ccccc1)S(=O)(=O)O.[NaH]. The van der Waals surface area contributed by atoms with Crippen molar-refractivity contribution in [2.24, 2.45) is 5.73 Å². The van der Waals surface area contributed by atoms with E-state index in [2.05, 4.69) is 0 Å². The molecule has 1 aromatic rings. The molecule has 0 aliphatic heterocycles. The van der Waals surface area contributed by atoms with Gasteiger partial charge in [-0.3, -0.25) is 4.55 Å². The molecular formula is C8H12NNaO3S. The molecule has 1 rings (SSSR count). The van der Waals surface area contributed by atoms with Gasteiger partial charge >= 0.3 is 29.6 Å². The van der Waals surface area contributed by atoms with Crippen LogP contribution in [0.25, 0.3) is 0 Å². The molecule has 3 N–H and O–H groups in total. The van der Waals surface area contributed by atoms with Gasteiger partial charge in [0.2, 0.25) is 0 Å². The first-order chi connectivity index (χ1) is 6.05. The van der Waals surface area contributed by atoms with E-state index in [4.69, 9.17) is 10.3 Å². The van der Waals surface area contributed by atoms with E-state index in [0.717, 1.165) is 0 Å². The molecule has 0 radical (unpaired) electrons. The predicted molar refractivity (Wildman–Crippen MR) is 56.9 cm³/mol. The minimum absolute atomic E-state index is 0. The van der Waals surface area contributed by atoms with Crippen molar-refractivity contribution in [2.45, 2.75) is 5.25 Å². The number of nitrogens with two attached hydrogens (primary N) is 1. The summed E-state index contributed by atoms with van der Waals surface area (Å²) in [5.74, 6) is 0. The van der Waals surface area contributed by atoms with Crippen molar-refractivity contribution in [2.75, 3.05) is 6.54 Å². The Kier molecular flexibility index (Phi) is 5.88. The number of rotatable bonds is 3. The van der Waals surface area contributed by atoms with Crippen molar-refractivity contribution in [3.8, 4) is 0 Å². The quantitative estimate of drug-likeness (QED) is 0.557. The molecule has 0 heterocycles. The Morgan fingerprint density at radius 1 is 1.29 bits per heavy atom. The van der Waals surface area contributed by atoms with Crippen LogP contribution < -0.4 is 5.73 Å².